The molecule has 14 heteroatoms. The quantitative estimate of drug-likeness (QED) is 0.158. The van der Waals surface area contributed by atoms with Crippen molar-refractivity contribution in [3.63, 3.8) is 0 Å². The van der Waals surface area contributed by atoms with E-state index in [1.807, 2.05) is 32.9 Å². The lowest BCUT2D eigenvalue weighted by molar-refractivity contribution is -0.0506. The number of pyridine rings is 1. The lowest BCUT2D eigenvalue weighted by Gasteiger charge is -2.22. The molecule has 0 radical (unpaired) electrons. The Kier molecular flexibility index (Phi) is 9.49. The van der Waals surface area contributed by atoms with Crippen molar-refractivity contribution >= 4 is 50.0 Å². The molecule has 0 spiro atoms. The number of ether oxygens (including phenoxy) is 2. The molecule has 3 aromatic heterocycles. The average molecular weight is 682 g/mol. The number of aryl methyl sites for hydroxylation is 2. The number of alkyl halides is 2. The number of rotatable bonds is 10. The number of aromatic carboxylic acids is 1. The number of carbonyl (C=O) groups is 1. The van der Waals surface area contributed by atoms with E-state index in [2.05, 4.69) is 15.3 Å². The first-order chi connectivity index (χ1) is 22.2. The Balaban J connectivity index is 1.52. The number of aromatic nitrogens is 3. The highest BCUT2D eigenvalue weighted by Gasteiger charge is 2.24. The number of nitriles is 1. The lowest BCUT2D eigenvalue weighted by atomic mass is 10.0. The standard InChI is InChI=1S/C33H30ClF2N5O5S/c1-16-10-21(29-27(39-16)23(15-47-29)31(43)44)20-12-19(34)6-7-25(20)45-9-8-41-17(2)40-24-11-18(14-38-33(3,4)5)28(46-32(35)36)22(13-37)26(24)30(41)42/h6-7,10-12,15,32,38H,8-9,14H2,1-5H3,(H,43,44). The van der Waals surface area contributed by atoms with E-state index in [-0.39, 0.29) is 58.6 Å². The Bertz CT molecular complexity index is 2140. The molecule has 0 aliphatic carbocycles. The minimum absolute atomic E-state index is 0.00581. The van der Waals surface area contributed by atoms with E-state index in [4.69, 9.17) is 21.1 Å². The fourth-order valence-electron chi connectivity index (χ4n) is 5.19. The molecule has 0 amide bonds. The van der Waals surface area contributed by atoms with Crippen LogP contribution in [-0.4, -0.2) is 44.4 Å². The maximum Gasteiger partial charge on any atom is 0.387 e. The van der Waals surface area contributed by atoms with Gasteiger partial charge in [0.1, 0.15) is 35.6 Å². The summed E-state index contributed by atoms with van der Waals surface area (Å²) >= 11 is 7.61. The second-order valence-corrected chi connectivity index (χ2v) is 13.1. The van der Waals surface area contributed by atoms with Gasteiger partial charge in [0.15, 0.2) is 0 Å². The van der Waals surface area contributed by atoms with Crippen LogP contribution in [0.15, 0.2) is 40.5 Å². The molecule has 0 saturated carbocycles. The monoisotopic (exact) mass is 681 g/mol. The normalized spacial score (nSPS) is 11.7. The summed E-state index contributed by atoms with van der Waals surface area (Å²) in [4.78, 5) is 34.6. The molecule has 2 aromatic carbocycles. The highest BCUT2D eigenvalue weighted by molar-refractivity contribution is 7.18. The van der Waals surface area contributed by atoms with Crippen molar-refractivity contribution in [2.24, 2.45) is 0 Å². The number of fused-ring (bicyclic) bond motifs is 2. The molecular weight excluding hydrogens is 652 g/mol. The summed E-state index contributed by atoms with van der Waals surface area (Å²) in [5.41, 5.74) is 1.49. The van der Waals surface area contributed by atoms with Crippen molar-refractivity contribution in [2.75, 3.05) is 6.61 Å². The van der Waals surface area contributed by atoms with E-state index in [0.29, 0.717) is 43.6 Å². The van der Waals surface area contributed by atoms with Crippen LogP contribution in [-0.2, 0) is 13.1 Å². The average Bonchev–Trinajstić information content (AvgIpc) is 3.41. The summed E-state index contributed by atoms with van der Waals surface area (Å²) in [7, 11) is 0. The molecule has 2 N–H and O–H groups in total. The number of carboxylic acid groups (broad SMARTS) is 1. The van der Waals surface area contributed by atoms with Gasteiger partial charge in [-0.3, -0.25) is 14.3 Å². The van der Waals surface area contributed by atoms with Crippen LogP contribution >= 0.6 is 22.9 Å². The van der Waals surface area contributed by atoms with Crippen molar-refractivity contribution < 1.29 is 28.2 Å². The molecule has 47 heavy (non-hydrogen) atoms. The fraction of sp³-hybridized carbons (Fsp3) is 0.303. The number of nitrogens with zero attached hydrogens (tertiary/aromatic N) is 4. The van der Waals surface area contributed by atoms with Gasteiger partial charge in [0.2, 0.25) is 0 Å². The maximum absolute atomic E-state index is 13.8. The second-order valence-electron chi connectivity index (χ2n) is 11.8. The molecule has 0 fully saturated rings. The van der Waals surface area contributed by atoms with E-state index >= 15 is 0 Å². The second kappa shape index (κ2) is 13.2. The summed E-state index contributed by atoms with van der Waals surface area (Å²) in [6.45, 7) is 5.97. The Morgan fingerprint density at radius 2 is 1.94 bits per heavy atom. The van der Waals surface area contributed by atoms with Gasteiger partial charge in [-0.15, -0.1) is 11.3 Å². The summed E-state index contributed by atoms with van der Waals surface area (Å²) in [5, 5.41) is 24.7. The van der Waals surface area contributed by atoms with Crippen molar-refractivity contribution in [3.8, 4) is 28.7 Å². The van der Waals surface area contributed by atoms with Gasteiger partial charge < -0.3 is 19.9 Å². The number of benzene rings is 2. The van der Waals surface area contributed by atoms with Crippen LogP contribution in [0.25, 0.3) is 32.2 Å². The molecule has 0 bridgehead atoms. The Labute approximate surface area is 277 Å². The molecule has 0 aliphatic heterocycles. The summed E-state index contributed by atoms with van der Waals surface area (Å²) in [6, 6.07) is 10.2. The van der Waals surface area contributed by atoms with E-state index < -0.39 is 18.1 Å². The van der Waals surface area contributed by atoms with Crippen LogP contribution in [0.4, 0.5) is 8.78 Å². The zero-order valence-electron chi connectivity index (χ0n) is 26.1. The third-order valence-corrected chi connectivity index (χ3v) is 8.52. The zero-order valence-corrected chi connectivity index (χ0v) is 27.6. The maximum atomic E-state index is 13.8. The van der Waals surface area contributed by atoms with Gasteiger partial charge in [0.05, 0.1) is 33.2 Å². The largest absolute Gasteiger partial charge is 0.491 e. The van der Waals surface area contributed by atoms with Crippen LogP contribution in [0.3, 0.4) is 0 Å². The molecule has 3 heterocycles. The molecular formula is C33H30ClF2N5O5S. The molecule has 5 rings (SSSR count). The molecule has 0 saturated heterocycles. The van der Waals surface area contributed by atoms with Crippen molar-refractivity contribution in [1.29, 1.82) is 5.26 Å². The smallest absolute Gasteiger partial charge is 0.387 e. The van der Waals surface area contributed by atoms with Gasteiger partial charge in [0.25, 0.3) is 5.56 Å². The molecule has 0 atom stereocenters. The lowest BCUT2D eigenvalue weighted by Crippen LogP contribution is -2.35. The van der Waals surface area contributed by atoms with Gasteiger partial charge >= 0.3 is 12.6 Å². The highest BCUT2D eigenvalue weighted by Crippen LogP contribution is 2.40. The number of thiophene rings is 1. The minimum atomic E-state index is -3.22. The Morgan fingerprint density at radius 3 is 2.60 bits per heavy atom. The zero-order chi connectivity index (χ0) is 34.2. The Hall–Kier alpha value is -4.64. The third-order valence-electron chi connectivity index (χ3n) is 7.28. The number of carboxylic acids is 1. The first-order valence-corrected chi connectivity index (χ1v) is 15.7. The predicted molar refractivity (Wildman–Crippen MR) is 176 cm³/mol. The summed E-state index contributed by atoms with van der Waals surface area (Å²) < 4.78 is 39.9. The fourth-order valence-corrected chi connectivity index (χ4v) is 6.37. The number of halogens is 3. The van der Waals surface area contributed by atoms with Gasteiger partial charge in [-0.1, -0.05) is 11.6 Å². The molecule has 244 valence electrons. The topological polar surface area (TPSA) is 139 Å². The first kappa shape index (κ1) is 33.7. The number of hydrogen-bond donors (Lipinski definition) is 2. The van der Waals surface area contributed by atoms with E-state index in [1.165, 1.54) is 27.4 Å². The summed E-state index contributed by atoms with van der Waals surface area (Å²) in [6.07, 6.45) is 0. The predicted octanol–water partition coefficient (Wildman–Crippen LogP) is 7.08. The van der Waals surface area contributed by atoms with Gasteiger partial charge in [0, 0.05) is 44.9 Å². The molecule has 5 aromatic rings. The highest BCUT2D eigenvalue weighted by atomic mass is 35.5. The first-order valence-electron chi connectivity index (χ1n) is 14.4. The summed E-state index contributed by atoms with van der Waals surface area (Å²) in [5.74, 6) is -0.707. The number of nitrogens with one attached hydrogen (secondary N) is 1. The number of hydrogen-bond acceptors (Lipinski definition) is 9. The molecule has 0 unspecified atom stereocenters. The van der Waals surface area contributed by atoms with Crippen molar-refractivity contribution in [1.82, 2.24) is 19.9 Å². The SMILES string of the molecule is Cc1cc(-c2cc(Cl)ccc2OCCn2c(C)nc3cc(CNC(C)(C)C)c(OC(F)F)c(C#N)c3c2=O)c2scc(C(=O)O)c2n1. The van der Waals surface area contributed by atoms with Crippen LogP contribution in [0.1, 0.15) is 53.8 Å². The van der Waals surface area contributed by atoms with Gasteiger partial charge in [-0.2, -0.15) is 14.0 Å². The molecule has 0 aliphatic rings. The van der Waals surface area contributed by atoms with Crippen LogP contribution in [0, 0.1) is 25.2 Å². The molecule has 10 nitrogen and oxygen atoms in total. The van der Waals surface area contributed by atoms with Crippen LogP contribution in [0.2, 0.25) is 5.02 Å². The van der Waals surface area contributed by atoms with Crippen molar-refractivity contribution in [2.45, 2.75) is 59.9 Å². The minimum Gasteiger partial charge on any atom is -0.491 e. The van der Waals surface area contributed by atoms with E-state index in [1.54, 1.807) is 32.0 Å². The van der Waals surface area contributed by atoms with Crippen LogP contribution < -0.4 is 20.3 Å². The van der Waals surface area contributed by atoms with E-state index in [9.17, 15) is 28.7 Å². The van der Waals surface area contributed by atoms with Crippen molar-refractivity contribution in [3.05, 3.63) is 79.3 Å². The Morgan fingerprint density at radius 1 is 1.19 bits per heavy atom. The third kappa shape index (κ3) is 7.05. The van der Waals surface area contributed by atoms with Crippen LogP contribution in [0.5, 0.6) is 11.5 Å². The van der Waals surface area contributed by atoms with Gasteiger partial charge in [-0.25, -0.2) is 9.78 Å². The van der Waals surface area contributed by atoms with Gasteiger partial charge in [-0.05, 0) is 65.0 Å². The van der Waals surface area contributed by atoms with E-state index in [0.717, 1.165) is 0 Å².